The Labute approximate surface area is 138 Å². The number of esters is 1. The molecule has 6 heteroatoms. The van der Waals surface area contributed by atoms with Gasteiger partial charge in [-0.25, -0.2) is 4.79 Å². The van der Waals surface area contributed by atoms with E-state index >= 15 is 0 Å². The Morgan fingerprint density at radius 2 is 2.09 bits per heavy atom. The number of benzene rings is 1. The largest absolute Gasteiger partial charge is 0.451 e. The third kappa shape index (κ3) is 4.58. The van der Waals surface area contributed by atoms with E-state index in [0.717, 1.165) is 10.4 Å². The van der Waals surface area contributed by atoms with Crippen LogP contribution in [0.3, 0.4) is 0 Å². The molecule has 0 radical (unpaired) electrons. The molecule has 0 aliphatic heterocycles. The monoisotopic (exact) mass is 337 g/mol. The third-order valence-corrected chi connectivity index (χ3v) is 4.22. The van der Waals surface area contributed by atoms with Gasteiger partial charge in [0.2, 0.25) is 0 Å². The Morgan fingerprint density at radius 1 is 1.32 bits per heavy atom. The second-order valence-corrected chi connectivity index (χ2v) is 6.55. The number of halogens is 1. The molecule has 1 heterocycles. The van der Waals surface area contributed by atoms with Crippen molar-refractivity contribution in [2.75, 3.05) is 6.61 Å². The van der Waals surface area contributed by atoms with Gasteiger partial charge in [0.05, 0.1) is 6.04 Å². The SMILES string of the molecule is Cc1ccc(C(=O)OCC(=O)N[C@@H](C)c2cccc(Cl)c2)s1. The molecule has 1 amide bonds. The molecule has 1 aromatic heterocycles. The molecule has 1 N–H and O–H groups in total. The molecule has 2 rings (SSSR count). The quantitative estimate of drug-likeness (QED) is 0.845. The minimum Gasteiger partial charge on any atom is -0.451 e. The fourth-order valence-electron chi connectivity index (χ4n) is 1.89. The van der Waals surface area contributed by atoms with Gasteiger partial charge in [0, 0.05) is 9.90 Å². The molecule has 0 saturated carbocycles. The summed E-state index contributed by atoms with van der Waals surface area (Å²) in [6, 6.07) is 10.6. The summed E-state index contributed by atoms with van der Waals surface area (Å²) in [6.45, 7) is 3.44. The molecular weight excluding hydrogens is 322 g/mol. The van der Waals surface area contributed by atoms with Crippen LogP contribution >= 0.6 is 22.9 Å². The van der Waals surface area contributed by atoms with Crippen LogP contribution in [0.2, 0.25) is 5.02 Å². The summed E-state index contributed by atoms with van der Waals surface area (Å²) in [5.41, 5.74) is 0.890. The number of thiophene rings is 1. The summed E-state index contributed by atoms with van der Waals surface area (Å²) in [5.74, 6) is -0.835. The molecule has 0 spiro atoms. The highest BCUT2D eigenvalue weighted by atomic mass is 35.5. The van der Waals surface area contributed by atoms with Crippen molar-refractivity contribution in [2.45, 2.75) is 19.9 Å². The van der Waals surface area contributed by atoms with Crippen molar-refractivity contribution in [3.63, 3.8) is 0 Å². The number of rotatable bonds is 5. The standard InChI is InChI=1S/C16H16ClNO3S/c1-10-6-7-14(22-10)16(20)21-9-15(19)18-11(2)12-4-3-5-13(17)8-12/h3-8,11H,9H2,1-2H3,(H,18,19)/t11-/m0/s1. The smallest absolute Gasteiger partial charge is 0.348 e. The van der Waals surface area contributed by atoms with Gasteiger partial charge in [-0.3, -0.25) is 4.79 Å². The van der Waals surface area contributed by atoms with E-state index in [0.29, 0.717) is 9.90 Å². The molecule has 2 aromatic rings. The van der Waals surface area contributed by atoms with Crippen molar-refractivity contribution in [2.24, 2.45) is 0 Å². The minimum atomic E-state index is -0.483. The lowest BCUT2D eigenvalue weighted by atomic mass is 10.1. The predicted octanol–water partition coefficient (Wildman–Crippen LogP) is 3.74. The molecule has 4 nitrogen and oxygen atoms in total. The fraction of sp³-hybridized carbons (Fsp3) is 0.250. The van der Waals surface area contributed by atoms with E-state index in [1.165, 1.54) is 11.3 Å². The second kappa shape index (κ2) is 7.42. The van der Waals surface area contributed by atoms with E-state index in [1.54, 1.807) is 18.2 Å². The van der Waals surface area contributed by atoms with Gasteiger partial charge >= 0.3 is 5.97 Å². The number of carbonyl (C=O) groups excluding carboxylic acids is 2. The second-order valence-electron chi connectivity index (χ2n) is 4.83. The lowest BCUT2D eigenvalue weighted by Crippen LogP contribution is -2.31. The maximum atomic E-state index is 11.8. The van der Waals surface area contributed by atoms with Crippen LogP contribution < -0.4 is 5.32 Å². The number of carbonyl (C=O) groups is 2. The predicted molar refractivity (Wildman–Crippen MR) is 87.3 cm³/mol. The maximum absolute atomic E-state index is 11.8. The molecule has 116 valence electrons. The highest BCUT2D eigenvalue weighted by Crippen LogP contribution is 2.18. The van der Waals surface area contributed by atoms with E-state index in [4.69, 9.17) is 16.3 Å². The van der Waals surface area contributed by atoms with Crippen LogP contribution in [-0.2, 0) is 9.53 Å². The van der Waals surface area contributed by atoms with E-state index in [1.807, 2.05) is 32.0 Å². The number of aryl methyl sites for hydroxylation is 1. The van der Waals surface area contributed by atoms with Crippen molar-refractivity contribution < 1.29 is 14.3 Å². The first kappa shape index (κ1) is 16.5. The van der Waals surface area contributed by atoms with Gasteiger partial charge in [-0.05, 0) is 43.7 Å². The summed E-state index contributed by atoms with van der Waals surface area (Å²) >= 11 is 7.26. The van der Waals surface area contributed by atoms with Crippen molar-refractivity contribution in [1.29, 1.82) is 0 Å². The molecule has 0 aliphatic rings. The van der Waals surface area contributed by atoms with Gasteiger partial charge in [0.25, 0.3) is 5.91 Å². The van der Waals surface area contributed by atoms with Crippen molar-refractivity contribution in [3.05, 3.63) is 56.7 Å². The van der Waals surface area contributed by atoms with E-state index < -0.39 is 5.97 Å². The van der Waals surface area contributed by atoms with Crippen LogP contribution in [0.5, 0.6) is 0 Å². The number of nitrogens with one attached hydrogen (secondary N) is 1. The van der Waals surface area contributed by atoms with Crippen molar-refractivity contribution >= 4 is 34.8 Å². The van der Waals surface area contributed by atoms with Crippen LogP contribution in [0.25, 0.3) is 0 Å². The molecule has 0 bridgehead atoms. The zero-order valence-corrected chi connectivity index (χ0v) is 13.8. The Kier molecular flexibility index (Phi) is 5.57. The molecule has 1 atom stereocenters. The first-order chi connectivity index (χ1) is 10.5. The van der Waals surface area contributed by atoms with Crippen LogP contribution in [0.4, 0.5) is 0 Å². The molecule has 0 saturated heterocycles. The number of hydrogen-bond acceptors (Lipinski definition) is 4. The van der Waals surface area contributed by atoms with E-state index in [2.05, 4.69) is 5.32 Å². The highest BCUT2D eigenvalue weighted by molar-refractivity contribution is 7.13. The Hall–Kier alpha value is -1.85. The van der Waals surface area contributed by atoms with Crippen LogP contribution in [0.15, 0.2) is 36.4 Å². The van der Waals surface area contributed by atoms with E-state index in [-0.39, 0.29) is 18.6 Å². The van der Waals surface area contributed by atoms with Crippen LogP contribution in [0.1, 0.15) is 33.1 Å². The summed E-state index contributed by atoms with van der Waals surface area (Å²) in [5, 5.41) is 3.37. The first-order valence-corrected chi connectivity index (χ1v) is 7.93. The molecule has 1 aromatic carbocycles. The molecule has 0 aliphatic carbocycles. The number of hydrogen-bond donors (Lipinski definition) is 1. The zero-order chi connectivity index (χ0) is 16.1. The third-order valence-electron chi connectivity index (χ3n) is 3.00. The van der Waals surface area contributed by atoms with Crippen molar-refractivity contribution in [1.82, 2.24) is 5.32 Å². The Bertz CT molecular complexity index is 684. The summed E-state index contributed by atoms with van der Waals surface area (Å²) < 4.78 is 5.00. The lowest BCUT2D eigenvalue weighted by molar-refractivity contribution is -0.124. The minimum absolute atomic E-state index is 0.214. The van der Waals surface area contributed by atoms with Gasteiger partial charge < -0.3 is 10.1 Å². The first-order valence-electron chi connectivity index (χ1n) is 6.74. The normalized spacial score (nSPS) is 11.8. The zero-order valence-electron chi connectivity index (χ0n) is 12.3. The highest BCUT2D eigenvalue weighted by Gasteiger charge is 2.14. The van der Waals surface area contributed by atoms with Gasteiger partial charge in [-0.2, -0.15) is 0 Å². The topological polar surface area (TPSA) is 55.4 Å². The molecular formula is C16H16ClNO3S. The average Bonchev–Trinajstić information content (AvgIpc) is 2.91. The number of amides is 1. The average molecular weight is 338 g/mol. The molecule has 0 fully saturated rings. The summed E-state index contributed by atoms with van der Waals surface area (Å²) in [4.78, 5) is 25.1. The number of ether oxygens (including phenoxy) is 1. The fourth-order valence-corrected chi connectivity index (χ4v) is 2.85. The van der Waals surface area contributed by atoms with Gasteiger partial charge in [-0.15, -0.1) is 11.3 Å². The van der Waals surface area contributed by atoms with Gasteiger partial charge in [0.15, 0.2) is 6.61 Å². The van der Waals surface area contributed by atoms with Gasteiger partial charge in [-0.1, -0.05) is 23.7 Å². The Morgan fingerprint density at radius 3 is 2.73 bits per heavy atom. The van der Waals surface area contributed by atoms with Crippen molar-refractivity contribution in [3.8, 4) is 0 Å². The molecule has 0 unspecified atom stereocenters. The van der Waals surface area contributed by atoms with E-state index in [9.17, 15) is 9.59 Å². The Balaban J connectivity index is 1.84. The van der Waals surface area contributed by atoms with Gasteiger partial charge in [0.1, 0.15) is 4.88 Å². The van der Waals surface area contributed by atoms with Crippen LogP contribution in [0, 0.1) is 6.92 Å². The molecule has 22 heavy (non-hydrogen) atoms. The summed E-state index contributed by atoms with van der Waals surface area (Å²) in [7, 11) is 0. The maximum Gasteiger partial charge on any atom is 0.348 e. The lowest BCUT2D eigenvalue weighted by Gasteiger charge is -2.14. The van der Waals surface area contributed by atoms with Crippen LogP contribution in [-0.4, -0.2) is 18.5 Å². The summed E-state index contributed by atoms with van der Waals surface area (Å²) in [6.07, 6.45) is 0.